The lowest BCUT2D eigenvalue weighted by Crippen LogP contribution is -2.39. The average molecular weight is 355 g/mol. The highest BCUT2D eigenvalue weighted by atomic mass is 79.9. The summed E-state index contributed by atoms with van der Waals surface area (Å²) in [6, 6.07) is 6.52. The first-order valence-electron chi connectivity index (χ1n) is 7.29. The van der Waals surface area contributed by atoms with E-state index in [1.165, 1.54) is 5.69 Å². The first-order chi connectivity index (χ1) is 10.1. The van der Waals surface area contributed by atoms with Crippen molar-refractivity contribution in [3.8, 4) is 0 Å². The number of amidine groups is 1. The van der Waals surface area contributed by atoms with Crippen molar-refractivity contribution in [3.05, 3.63) is 28.2 Å². The number of halogens is 1. The Labute approximate surface area is 134 Å². The standard InChI is InChI=1S/C15H23BrN4O/c1-3-11-10-19(2)7-4-8-20(11)12-5-6-13(14(16)9-12)15(17)18-21/h5-6,9,11,21H,3-4,7-8,10H2,1-2H3,(H2,17,18). The minimum absolute atomic E-state index is 0.121. The smallest absolute Gasteiger partial charge is 0.171 e. The van der Waals surface area contributed by atoms with Crippen LogP contribution in [0, 0.1) is 0 Å². The van der Waals surface area contributed by atoms with Crippen LogP contribution in [-0.2, 0) is 0 Å². The van der Waals surface area contributed by atoms with Crippen LogP contribution in [-0.4, -0.2) is 48.7 Å². The van der Waals surface area contributed by atoms with E-state index in [0.29, 0.717) is 11.6 Å². The molecule has 0 spiro atoms. The molecule has 1 unspecified atom stereocenters. The third-order valence-electron chi connectivity index (χ3n) is 4.04. The van der Waals surface area contributed by atoms with Crippen molar-refractivity contribution in [1.29, 1.82) is 0 Å². The van der Waals surface area contributed by atoms with E-state index in [4.69, 9.17) is 10.9 Å². The van der Waals surface area contributed by atoms with Crippen LogP contribution in [0.25, 0.3) is 0 Å². The maximum Gasteiger partial charge on any atom is 0.171 e. The predicted molar refractivity (Wildman–Crippen MR) is 90.2 cm³/mol. The minimum Gasteiger partial charge on any atom is -0.409 e. The van der Waals surface area contributed by atoms with Gasteiger partial charge in [0.25, 0.3) is 0 Å². The van der Waals surface area contributed by atoms with Crippen molar-refractivity contribution in [3.63, 3.8) is 0 Å². The number of hydrogen-bond acceptors (Lipinski definition) is 4. The van der Waals surface area contributed by atoms with Crippen LogP contribution in [0.4, 0.5) is 5.69 Å². The predicted octanol–water partition coefficient (Wildman–Crippen LogP) is 2.46. The van der Waals surface area contributed by atoms with Crippen molar-refractivity contribution < 1.29 is 5.21 Å². The van der Waals surface area contributed by atoms with Crippen molar-refractivity contribution >= 4 is 27.5 Å². The molecule has 0 saturated carbocycles. The zero-order valence-corrected chi connectivity index (χ0v) is 14.2. The number of nitrogens with zero attached hydrogens (tertiary/aromatic N) is 3. The second kappa shape index (κ2) is 7.13. The summed E-state index contributed by atoms with van der Waals surface area (Å²) in [5.41, 5.74) is 7.56. The van der Waals surface area contributed by atoms with Crippen LogP contribution in [0.3, 0.4) is 0 Å². The molecule has 0 bridgehead atoms. The number of benzene rings is 1. The molecule has 1 saturated heterocycles. The Balaban J connectivity index is 2.29. The lowest BCUT2D eigenvalue weighted by atomic mass is 10.1. The molecule has 0 aromatic heterocycles. The highest BCUT2D eigenvalue weighted by Crippen LogP contribution is 2.27. The van der Waals surface area contributed by atoms with Gasteiger partial charge in [0.2, 0.25) is 0 Å². The maximum atomic E-state index is 8.80. The molecule has 1 fully saturated rings. The highest BCUT2D eigenvalue weighted by molar-refractivity contribution is 9.10. The summed E-state index contributed by atoms with van der Waals surface area (Å²) in [5, 5.41) is 11.9. The lowest BCUT2D eigenvalue weighted by Gasteiger charge is -2.32. The Morgan fingerprint density at radius 3 is 2.86 bits per heavy atom. The van der Waals surface area contributed by atoms with E-state index in [9.17, 15) is 0 Å². The first kappa shape index (κ1) is 16.1. The van der Waals surface area contributed by atoms with Crippen molar-refractivity contribution in [1.82, 2.24) is 4.90 Å². The Morgan fingerprint density at radius 2 is 2.24 bits per heavy atom. The Kier molecular flexibility index (Phi) is 5.47. The molecule has 0 amide bonds. The molecule has 0 radical (unpaired) electrons. The van der Waals surface area contributed by atoms with Gasteiger partial charge in [-0.1, -0.05) is 12.1 Å². The molecule has 1 atom stereocenters. The molecule has 1 aliphatic heterocycles. The molecule has 5 nitrogen and oxygen atoms in total. The largest absolute Gasteiger partial charge is 0.409 e. The van der Waals surface area contributed by atoms with Gasteiger partial charge in [-0.3, -0.25) is 0 Å². The van der Waals surface area contributed by atoms with E-state index in [0.717, 1.165) is 36.9 Å². The van der Waals surface area contributed by atoms with Gasteiger partial charge in [0.1, 0.15) is 0 Å². The Morgan fingerprint density at radius 1 is 1.48 bits per heavy atom. The number of nitrogens with two attached hydrogens (primary N) is 1. The van der Waals surface area contributed by atoms with Gasteiger partial charge in [-0.05, 0) is 60.6 Å². The summed E-state index contributed by atoms with van der Waals surface area (Å²) < 4.78 is 0.850. The molecule has 116 valence electrons. The zero-order valence-electron chi connectivity index (χ0n) is 12.6. The van der Waals surface area contributed by atoms with Gasteiger partial charge in [-0.25, -0.2) is 0 Å². The normalized spacial score (nSPS) is 21.4. The summed E-state index contributed by atoms with van der Waals surface area (Å²) in [4.78, 5) is 4.86. The second-order valence-corrected chi connectivity index (χ2v) is 6.37. The van der Waals surface area contributed by atoms with E-state index < -0.39 is 0 Å². The van der Waals surface area contributed by atoms with E-state index >= 15 is 0 Å². The SMILES string of the molecule is CCC1CN(C)CCCN1c1ccc(/C(N)=N/O)c(Br)c1. The molecule has 1 aromatic carbocycles. The summed E-state index contributed by atoms with van der Waals surface area (Å²) in [6.07, 6.45) is 2.27. The van der Waals surface area contributed by atoms with Crippen molar-refractivity contribution in [2.45, 2.75) is 25.8 Å². The molecule has 1 heterocycles. The van der Waals surface area contributed by atoms with Gasteiger partial charge in [0.15, 0.2) is 5.84 Å². The molecule has 2 rings (SSSR count). The lowest BCUT2D eigenvalue weighted by molar-refractivity contribution is 0.318. The van der Waals surface area contributed by atoms with Gasteiger partial charge in [-0.2, -0.15) is 0 Å². The van der Waals surface area contributed by atoms with Gasteiger partial charge in [0, 0.05) is 34.9 Å². The minimum atomic E-state index is 0.121. The average Bonchev–Trinajstić information content (AvgIpc) is 2.67. The van der Waals surface area contributed by atoms with E-state index in [1.807, 2.05) is 12.1 Å². The maximum absolute atomic E-state index is 8.80. The monoisotopic (exact) mass is 354 g/mol. The third kappa shape index (κ3) is 3.68. The van der Waals surface area contributed by atoms with Crippen LogP contribution in [0.2, 0.25) is 0 Å². The number of anilines is 1. The van der Waals surface area contributed by atoms with Crippen LogP contribution >= 0.6 is 15.9 Å². The molecule has 21 heavy (non-hydrogen) atoms. The second-order valence-electron chi connectivity index (χ2n) is 5.52. The topological polar surface area (TPSA) is 65.1 Å². The summed E-state index contributed by atoms with van der Waals surface area (Å²) in [6.45, 7) is 5.50. The third-order valence-corrected chi connectivity index (χ3v) is 4.70. The molecule has 3 N–H and O–H groups in total. The first-order valence-corrected chi connectivity index (χ1v) is 8.08. The van der Waals surface area contributed by atoms with Crippen LogP contribution in [0.5, 0.6) is 0 Å². The molecule has 1 aliphatic rings. The Hall–Kier alpha value is -1.27. The van der Waals surface area contributed by atoms with Gasteiger partial charge < -0.3 is 20.7 Å². The van der Waals surface area contributed by atoms with Gasteiger partial charge in [-0.15, -0.1) is 0 Å². The number of likely N-dealkylation sites (N-methyl/N-ethyl adjacent to an activating group) is 1. The fourth-order valence-electron chi connectivity index (χ4n) is 2.88. The van der Waals surface area contributed by atoms with Crippen LogP contribution in [0.1, 0.15) is 25.3 Å². The summed E-state index contributed by atoms with van der Waals surface area (Å²) in [7, 11) is 2.18. The number of rotatable bonds is 3. The van der Waals surface area contributed by atoms with Crippen LogP contribution < -0.4 is 10.6 Å². The zero-order chi connectivity index (χ0) is 15.4. The van der Waals surface area contributed by atoms with Gasteiger partial charge in [0.05, 0.1) is 0 Å². The number of hydrogen-bond donors (Lipinski definition) is 2. The molecular formula is C15H23BrN4O. The molecule has 6 heteroatoms. The van der Waals surface area contributed by atoms with Crippen molar-refractivity contribution in [2.75, 3.05) is 31.6 Å². The van der Waals surface area contributed by atoms with E-state index in [-0.39, 0.29) is 5.84 Å². The molecular weight excluding hydrogens is 332 g/mol. The van der Waals surface area contributed by atoms with Crippen molar-refractivity contribution in [2.24, 2.45) is 10.9 Å². The van der Waals surface area contributed by atoms with E-state index in [2.05, 4.69) is 50.9 Å². The van der Waals surface area contributed by atoms with Gasteiger partial charge >= 0.3 is 0 Å². The summed E-state index contributed by atoms with van der Waals surface area (Å²) >= 11 is 3.52. The Bertz CT molecular complexity index is 520. The quantitative estimate of drug-likeness (QED) is 0.378. The molecule has 0 aliphatic carbocycles. The molecule has 1 aromatic rings. The fraction of sp³-hybridized carbons (Fsp3) is 0.533. The highest BCUT2D eigenvalue weighted by Gasteiger charge is 2.22. The number of oxime groups is 1. The fourth-order valence-corrected chi connectivity index (χ4v) is 3.45. The van der Waals surface area contributed by atoms with Crippen LogP contribution in [0.15, 0.2) is 27.8 Å². The summed E-state index contributed by atoms with van der Waals surface area (Å²) in [5.74, 6) is 0.121. The van der Waals surface area contributed by atoms with E-state index in [1.54, 1.807) is 0 Å².